The van der Waals surface area contributed by atoms with E-state index in [1.807, 2.05) is 31.2 Å². The van der Waals surface area contributed by atoms with E-state index in [4.69, 9.17) is 4.74 Å². The van der Waals surface area contributed by atoms with Gasteiger partial charge in [-0.1, -0.05) is 42.5 Å². The van der Waals surface area contributed by atoms with E-state index in [2.05, 4.69) is 28.7 Å². The Morgan fingerprint density at radius 3 is 2.86 bits per heavy atom. The molecule has 108 valence electrons. The third-order valence-electron chi connectivity index (χ3n) is 3.74. The molecule has 0 radical (unpaired) electrons. The summed E-state index contributed by atoms with van der Waals surface area (Å²) in [6.45, 7) is 2.56. The van der Waals surface area contributed by atoms with Crippen molar-refractivity contribution in [3.8, 4) is 0 Å². The number of nitrogens with one attached hydrogen (secondary N) is 1. The van der Waals surface area contributed by atoms with Gasteiger partial charge in [0.25, 0.3) is 5.91 Å². The van der Waals surface area contributed by atoms with E-state index < -0.39 is 0 Å². The maximum atomic E-state index is 11.9. The van der Waals surface area contributed by atoms with Crippen LogP contribution >= 0.6 is 0 Å². The minimum Gasteiger partial charge on any atom is -0.368 e. The quantitative estimate of drug-likeness (QED) is 0.695. The highest BCUT2D eigenvalue weighted by Crippen LogP contribution is 2.19. The average Bonchev–Trinajstić information content (AvgIpc) is 3.06. The molecule has 4 heteroatoms. The molecule has 3 rings (SSSR count). The molecule has 21 heavy (non-hydrogen) atoms. The molecule has 0 bridgehead atoms. The van der Waals surface area contributed by atoms with Gasteiger partial charge in [-0.15, -0.1) is 0 Å². The van der Waals surface area contributed by atoms with E-state index in [-0.39, 0.29) is 12.0 Å². The largest absolute Gasteiger partial charge is 0.368 e. The van der Waals surface area contributed by atoms with Gasteiger partial charge in [0.15, 0.2) is 0 Å². The lowest BCUT2D eigenvalue weighted by atomic mass is 10.0. The second kappa shape index (κ2) is 6.06. The molecule has 0 spiro atoms. The smallest absolute Gasteiger partial charge is 0.269 e. The van der Waals surface area contributed by atoms with Crippen molar-refractivity contribution >= 4 is 22.4 Å². The first-order valence-electron chi connectivity index (χ1n) is 7.19. The molecule has 1 heterocycles. The Morgan fingerprint density at radius 2 is 2.05 bits per heavy atom. The maximum absolute atomic E-state index is 11.9. The minimum atomic E-state index is -0.353. The highest BCUT2D eigenvalue weighted by molar-refractivity contribution is 6.09. The summed E-state index contributed by atoms with van der Waals surface area (Å²) in [5.41, 5.74) is 4.43. The number of rotatable bonds is 3. The summed E-state index contributed by atoms with van der Waals surface area (Å²) in [7, 11) is 0. The van der Waals surface area contributed by atoms with Crippen LogP contribution in [0.15, 0.2) is 47.6 Å². The van der Waals surface area contributed by atoms with Gasteiger partial charge >= 0.3 is 0 Å². The Labute approximate surface area is 123 Å². The van der Waals surface area contributed by atoms with Crippen LogP contribution in [-0.4, -0.2) is 24.3 Å². The summed E-state index contributed by atoms with van der Waals surface area (Å²) in [6, 6.07) is 14.2. The van der Waals surface area contributed by atoms with Gasteiger partial charge < -0.3 is 4.74 Å². The Bertz CT molecular complexity index is 683. The van der Waals surface area contributed by atoms with E-state index in [1.165, 1.54) is 0 Å². The first kappa shape index (κ1) is 13.8. The van der Waals surface area contributed by atoms with Crippen LogP contribution in [0.5, 0.6) is 0 Å². The number of carbonyl (C=O) groups is 1. The van der Waals surface area contributed by atoms with E-state index in [0.717, 1.165) is 34.9 Å². The van der Waals surface area contributed by atoms with Crippen LogP contribution in [0.2, 0.25) is 0 Å². The lowest BCUT2D eigenvalue weighted by Gasteiger charge is -2.09. The summed E-state index contributed by atoms with van der Waals surface area (Å²) in [4.78, 5) is 11.9. The van der Waals surface area contributed by atoms with Gasteiger partial charge in [0.2, 0.25) is 0 Å². The zero-order chi connectivity index (χ0) is 14.7. The van der Waals surface area contributed by atoms with Gasteiger partial charge in [0, 0.05) is 12.2 Å². The van der Waals surface area contributed by atoms with E-state index in [0.29, 0.717) is 6.61 Å². The molecule has 2 aromatic carbocycles. The standard InChI is InChI=1S/C17H18N2O2/c1-12(18-19-17(20)16-10-5-11-21-16)14-9-4-7-13-6-2-3-8-15(13)14/h2-4,6-9,16H,5,10-11H2,1H3,(H,19,20)/b18-12-/t16-/m0/s1. The van der Waals surface area contributed by atoms with E-state index in [1.54, 1.807) is 0 Å². The summed E-state index contributed by atoms with van der Waals surface area (Å²) in [6.07, 6.45) is 1.35. The summed E-state index contributed by atoms with van der Waals surface area (Å²) >= 11 is 0. The molecule has 0 unspecified atom stereocenters. The van der Waals surface area contributed by atoms with Crippen molar-refractivity contribution in [1.29, 1.82) is 0 Å². The molecule has 0 saturated carbocycles. The number of hydrazone groups is 1. The number of ether oxygens (including phenoxy) is 1. The summed E-state index contributed by atoms with van der Waals surface area (Å²) in [5, 5.41) is 6.52. The second-order valence-corrected chi connectivity index (χ2v) is 5.20. The van der Waals surface area contributed by atoms with Crippen LogP contribution in [0.25, 0.3) is 10.8 Å². The van der Waals surface area contributed by atoms with Crippen molar-refractivity contribution in [1.82, 2.24) is 5.43 Å². The molecule has 1 fully saturated rings. The molecule has 1 amide bonds. The zero-order valence-electron chi connectivity index (χ0n) is 12.0. The first-order chi connectivity index (χ1) is 10.3. The van der Waals surface area contributed by atoms with Crippen molar-refractivity contribution in [3.05, 3.63) is 48.0 Å². The number of benzene rings is 2. The van der Waals surface area contributed by atoms with Gasteiger partial charge in [0.05, 0.1) is 5.71 Å². The molecular formula is C17H18N2O2. The third kappa shape index (κ3) is 2.95. The number of hydrogen-bond donors (Lipinski definition) is 1. The van der Waals surface area contributed by atoms with Crippen LogP contribution in [0.4, 0.5) is 0 Å². The molecule has 4 nitrogen and oxygen atoms in total. The highest BCUT2D eigenvalue weighted by Gasteiger charge is 2.23. The number of fused-ring (bicyclic) bond motifs is 1. The fourth-order valence-electron chi connectivity index (χ4n) is 2.60. The Morgan fingerprint density at radius 1 is 1.24 bits per heavy atom. The lowest BCUT2D eigenvalue weighted by Crippen LogP contribution is -2.31. The molecule has 1 aliphatic heterocycles. The maximum Gasteiger partial charge on any atom is 0.269 e. The van der Waals surface area contributed by atoms with E-state index in [9.17, 15) is 4.79 Å². The van der Waals surface area contributed by atoms with Crippen molar-refractivity contribution < 1.29 is 9.53 Å². The minimum absolute atomic E-state index is 0.160. The predicted octanol–water partition coefficient (Wildman–Crippen LogP) is 2.86. The molecule has 1 aliphatic rings. The molecule has 1 saturated heterocycles. The van der Waals surface area contributed by atoms with Crippen molar-refractivity contribution in [3.63, 3.8) is 0 Å². The molecular weight excluding hydrogens is 264 g/mol. The number of carbonyl (C=O) groups excluding carboxylic acids is 1. The van der Waals surface area contributed by atoms with Crippen molar-refractivity contribution in [2.45, 2.75) is 25.9 Å². The van der Waals surface area contributed by atoms with Crippen LogP contribution in [0, 0.1) is 0 Å². The Kier molecular flexibility index (Phi) is 3.97. The molecule has 0 aliphatic carbocycles. The molecule has 1 N–H and O–H groups in total. The average molecular weight is 282 g/mol. The molecule has 0 aromatic heterocycles. The van der Waals surface area contributed by atoms with Gasteiger partial charge in [-0.25, -0.2) is 5.43 Å². The number of nitrogens with zero attached hydrogens (tertiary/aromatic N) is 1. The van der Waals surface area contributed by atoms with Gasteiger partial charge in [-0.3, -0.25) is 4.79 Å². The highest BCUT2D eigenvalue weighted by atomic mass is 16.5. The van der Waals surface area contributed by atoms with Crippen LogP contribution < -0.4 is 5.43 Å². The third-order valence-corrected chi connectivity index (χ3v) is 3.74. The lowest BCUT2D eigenvalue weighted by molar-refractivity contribution is -0.130. The zero-order valence-corrected chi connectivity index (χ0v) is 12.0. The van der Waals surface area contributed by atoms with Crippen molar-refractivity contribution in [2.75, 3.05) is 6.61 Å². The summed E-state index contributed by atoms with van der Waals surface area (Å²) in [5.74, 6) is -0.160. The number of hydrogen-bond acceptors (Lipinski definition) is 3. The Hall–Kier alpha value is -2.20. The first-order valence-corrected chi connectivity index (χ1v) is 7.19. The molecule has 2 aromatic rings. The van der Waals surface area contributed by atoms with Crippen molar-refractivity contribution in [2.24, 2.45) is 5.10 Å². The van der Waals surface area contributed by atoms with E-state index >= 15 is 0 Å². The topological polar surface area (TPSA) is 50.7 Å². The monoisotopic (exact) mass is 282 g/mol. The summed E-state index contributed by atoms with van der Waals surface area (Å²) < 4.78 is 5.34. The van der Waals surface area contributed by atoms with Gasteiger partial charge in [-0.05, 0) is 30.5 Å². The van der Waals surface area contributed by atoms with Crippen LogP contribution in [0.1, 0.15) is 25.3 Å². The SMILES string of the molecule is C/C(=N/NC(=O)[C@@H]1CCCO1)c1cccc2ccccc12. The normalized spacial score (nSPS) is 18.9. The Balaban J connectivity index is 1.81. The van der Waals surface area contributed by atoms with Crippen LogP contribution in [0.3, 0.4) is 0 Å². The fraction of sp³-hybridized carbons (Fsp3) is 0.294. The fourth-order valence-corrected chi connectivity index (χ4v) is 2.60. The molecule has 1 atom stereocenters. The van der Waals surface area contributed by atoms with Gasteiger partial charge in [0.1, 0.15) is 6.10 Å². The van der Waals surface area contributed by atoms with Crippen LogP contribution in [-0.2, 0) is 9.53 Å². The van der Waals surface area contributed by atoms with Gasteiger partial charge in [-0.2, -0.15) is 5.10 Å². The number of amides is 1. The second-order valence-electron chi connectivity index (χ2n) is 5.20. The predicted molar refractivity (Wildman–Crippen MR) is 83.3 cm³/mol.